The summed E-state index contributed by atoms with van der Waals surface area (Å²) in [6, 6.07) is 13.0. The Balaban J connectivity index is 1.38. The molecule has 0 saturated carbocycles. The van der Waals surface area contributed by atoms with Crippen LogP contribution in [-0.4, -0.2) is 47.2 Å². The number of anilines is 2. The van der Waals surface area contributed by atoms with E-state index in [-0.39, 0.29) is 17.9 Å². The zero-order chi connectivity index (χ0) is 23.4. The maximum absolute atomic E-state index is 12.9. The zero-order valence-electron chi connectivity index (χ0n) is 18.9. The average Bonchev–Trinajstić information content (AvgIpc) is 3.33. The molecule has 1 fully saturated rings. The lowest BCUT2D eigenvalue weighted by Gasteiger charge is -2.31. The fraction of sp³-hybridized carbons (Fsp3) is 0.333. The number of hydrogen-bond acceptors (Lipinski definition) is 6. The minimum Gasteiger partial charge on any atom is -0.497 e. The van der Waals surface area contributed by atoms with Gasteiger partial charge in [-0.3, -0.25) is 4.79 Å². The molecule has 0 spiro atoms. The molecule has 3 amide bonds. The first kappa shape index (κ1) is 22.7. The number of aromatic nitrogens is 2. The Labute approximate surface area is 197 Å². The Hall–Kier alpha value is -3.46. The first-order chi connectivity index (χ1) is 15.9. The van der Waals surface area contributed by atoms with Gasteiger partial charge < -0.3 is 20.3 Å². The molecule has 4 rings (SSSR count). The molecule has 1 atom stereocenters. The number of rotatable bonds is 5. The first-order valence-electron chi connectivity index (χ1n) is 10.8. The number of methoxy groups -OCH3 is 1. The van der Waals surface area contributed by atoms with Gasteiger partial charge in [0, 0.05) is 30.4 Å². The van der Waals surface area contributed by atoms with Crippen LogP contribution in [0.4, 0.5) is 16.2 Å². The number of amides is 3. The number of carbonyl (C=O) groups is 2. The summed E-state index contributed by atoms with van der Waals surface area (Å²) in [7, 11) is 1.59. The lowest BCUT2D eigenvalue weighted by Crippen LogP contribution is -2.41. The molecule has 2 N–H and O–H groups in total. The largest absolute Gasteiger partial charge is 0.497 e. The maximum Gasteiger partial charge on any atom is 0.321 e. The summed E-state index contributed by atoms with van der Waals surface area (Å²) in [5.74, 6) is 0.474. The van der Waals surface area contributed by atoms with E-state index >= 15 is 0 Å². The lowest BCUT2D eigenvalue weighted by atomic mass is 9.99. The zero-order valence-corrected chi connectivity index (χ0v) is 19.7. The maximum atomic E-state index is 12.9. The molecule has 9 heteroatoms. The lowest BCUT2D eigenvalue weighted by molar-refractivity contribution is 0.102. The highest BCUT2D eigenvalue weighted by molar-refractivity contribution is 7.13. The van der Waals surface area contributed by atoms with Gasteiger partial charge >= 0.3 is 6.03 Å². The van der Waals surface area contributed by atoms with Crippen LogP contribution in [0, 0.1) is 13.8 Å². The standard InChI is InChI=1S/C24H27N5O3S/c1-15-6-7-16(2)20(13-15)26-24(31)29-12-4-5-17(14-29)22-27-28-23(33-22)21(30)25-18-8-10-19(32-3)11-9-18/h6-11,13,17H,4-5,12,14H2,1-3H3,(H,25,30)(H,26,31)/t17-/m1/s1. The summed E-state index contributed by atoms with van der Waals surface area (Å²) < 4.78 is 5.13. The first-order valence-corrected chi connectivity index (χ1v) is 11.7. The molecular weight excluding hydrogens is 438 g/mol. The number of piperidine rings is 1. The number of ether oxygens (including phenoxy) is 1. The molecule has 1 aromatic heterocycles. The van der Waals surface area contributed by atoms with E-state index in [2.05, 4.69) is 20.8 Å². The molecule has 0 unspecified atom stereocenters. The number of benzene rings is 2. The summed E-state index contributed by atoms with van der Waals surface area (Å²) in [5.41, 5.74) is 3.61. The number of aryl methyl sites for hydroxylation is 2. The highest BCUT2D eigenvalue weighted by Gasteiger charge is 2.28. The highest BCUT2D eigenvalue weighted by Crippen LogP contribution is 2.30. The van der Waals surface area contributed by atoms with Crippen LogP contribution >= 0.6 is 11.3 Å². The van der Waals surface area contributed by atoms with Gasteiger partial charge in [-0.15, -0.1) is 10.2 Å². The smallest absolute Gasteiger partial charge is 0.321 e. The summed E-state index contributed by atoms with van der Waals surface area (Å²) in [4.78, 5) is 27.3. The van der Waals surface area contributed by atoms with Crippen LogP contribution < -0.4 is 15.4 Å². The van der Waals surface area contributed by atoms with Crippen molar-refractivity contribution in [1.82, 2.24) is 15.1 Å². The van der Waals surface area contributed by atoms with Crippen LogP contribution in [0.15, 0.2) is 42.5 Å². The van der Waals surface area contributed by atoms with Gasteiger partial charge in [-0.05, 0) is 68.1 Å². The van der Waals surface area contributed by atoms with Gasteiger partial charge in [-0.1, -0.05) is 23.5 Å². The monoisotopic (exact) mass is 465 g/mol. The van der Waals surface area contributed by atoms with Crippen molar-refractivity contribution in [1.29, 1.82) is 0 Å². The summed E-state index contributed by atoms with van der Waals surface area (Å²) in [6.45, 7) is 5.22. The Morgan fingerprint density at radius 3 is 2.64 bits per heavy atom. The molecule has 33 heavy (non-hydrogen) atoms. The second-order valence-electron chi connectivity index (χ2n) is 8.16. The summed E-state index contributed by atoms with van der Waals surface area (Å²) in [5, 5.41) is 15.3. The Morgan fingerprint density at radius 1 is 1.09 bits per heavy atom. The van der Waals surface area contributed by atoms with Crippen LogP contribution in [0.25, 0.3) is 0 Å². The van der Waals surface area contributed by atoms with E-state index in [1.165, 1.54) is 11.3 Å². The summed E-state index contributed by atoms with van der Waals surface area (Å²) >= 11 is 1.28. The van der Waals surface area contributed by atoms with Crippen molar-refractivity contribution in [2.24, 2.45) is 0 Å². The Kier molecular flexibility index (Phi) is 6.88. The number of nitrogens with one attached hydrogen (secondary N) is 2. The summed E-state index contributed by atoms with van der Waals surface area (Å²) in [6.07, 6.45) is 1.78. The molecule has 172 valence electrons. The number of hydrogen-bond donors (Lipinski definition) is 2. The van der Waals surface area contributed by atoms with E-state index in [4.69, 9.17) is 4.74 Å². The molecule has 0 aliphatic carbocycles. The van der Waals surface area contributed by atoms with Crippen molar-refractivity contribution in [2.45, 2.75) is 32.6 Å². The van der Waals surface area contributed by atoms with E-state index in [9.17, 15) is 9.59 Å². The van der Waals surface area contributed by atoms with E-state index in [0.29, 0.717) is 23.8 Å². The minimum absolute atomic E-state index is 0.0585. The molecule has 2 heterocycles. The van der Waals surface area contributed by atoms with Gasteiger partial charge in [0.25, 0.3) is 5.91 Å². The molecule has 8 nitrogen and oxygen atoms in total. The number of urea groups is 1. The third kappa shape index (κ3) is 5.48. The molecule has 1 aliphatic rings. The third-order valence-electron chi connectivity index (χ3n) is 5.68. The van der Waals surface area contributed by atoms with Crippen molar-refractivity contribution >= 4 is 34.6 Å². The van der Waals surface area contributed by atoms with Gasteiger partial charge in [-0.25, -0.2) is 4.79 Å². The Morgan fingerprint density at radius 2 is 1.88 bits per heavy atom. The van der Waals surface area contributed by atoms with E-state index < -0.39 is 0 Å². The molecule has 2 aromatic carbocycles. The fourth-order valence-electron chi connectivity index (χ4n) is 3.78. The third-order valence-corrected chi connectivity index (χ3v) is 6.76. The molecular formula is C24H27N5O3S. The van der Waals surface area contributed by atoms with Gasteiger partial charge in [0.15, 0.2) is 0 Å². The van der Waals surface area contributed by atoms with Crippen molar-refractivity contribution in [3.05, 3.63) is 63.6 Å². The van der Waals surface area contributed by atoms with Crippen LogP contribution in [-0.2, 0) is 0 Å². The molecule has 0 radical (unpaired) electrons. The molecule has 1 aliphatic heterocycles. The highest BCUT2D eigenvalue weighted by atomic mass is 32.1. The van der Waals surface area contributed by atoms with Crippen molar-refractivity contribution in [3.63, 3.8) is 0 Å². The number of nitrogens with zero attached hydrogens (tertiary/aromatic N) is 3. The topological polar surface area (TPSA) is 96.4 Å². The average molecular weight is 466 g/mol. The minimum atomic E-state index is -0.302. The van der Waals surface area contributed by atoms with Gasteiger partial charge in [0.1, 0.15) is 10.8 Å². The fourth-order valence-corrected chi connectivity index (χ4v) is 4.64. The van der Waals surface area contributed by atoms with E-state index in [1.807, 2.05) is 36.9 Å². The van der Waals surface area contributed by atoms with Crippen molar-refractivity contribution < 1.29 is 14.3 Å². The molecule has 3 aromatic rings. The quantitative estimate of drug-likeness (QED) is 0.563. The molecule has 0 bridgehead atoms. The number of carbonyl (C=O) groups excluding carboxylic acids is 2. The second-order valence-corrected chi connectivity index (χ2v) is 9.17. The molecule has 1 saturated heterocycles. The SMILES string of the molecule is COc1ccc(NC(=O)c2nnc([C@@H]3CCCN(C(=O)Nc4cc(C)ccc4C)C3)s2)cc1. The van der Waals surface area contributed by atoms with Gasteiger partial charge in [0.2, 0.25) is 5.01 Å². The Bertz CT molecular complexity index is 1150. The predicted octanol–water partition coefficient (Wildman–Crippen LogP) is 4.83. The van der Waals surface area contributed by atoms with Crippen LogP contribution in [0.1, 0.15) is 44.7 Å². The predicted molar refractivity (Wildman–Crippen MR) is 129 cm³/mol. The van der Waals surface area contributed by atoms with E-state index in [0.717, 1.165) is 40.4 Å². The van der Waals surface area contributed by atoms with Crippen LogP contribution in [0.5, 0.6) is 5.75 Å². The van der Waals surface area contributed by atoms with Crippen LogP contribution in [0.3, 0.4) is 0 Å². The van der Waals surface area contributed by atoms with Crippen molar-refractivity contribution in [3.8, 4) is 5.75 Å². The van der Waals surface area contributed by atoms with Gasteiger partial charge in [0.05, 0.1) is 7.11 Å². The van der Waals surface area contributed by atoms with Crippen LogP contribution in [0.2, 0.25) is 0 Å². The number of likely N-dealkylation sites (tertiary alicyclic amines) is 1. The van der Waals surface area contributed by atoms with Gasteiger partial charge in [-0.2, -0.15) is 0 Å². The second kappa shape index (κ2) is 9.99. The van der Waals surface area contributed by atoms with E-state index in [1.54, 1.807) is 31.4 Å². The normalized spacial score (nSPS) is 15.7. The van der Waals surface area contributed by atoms with Crippen molar-refractivity contribution in [2.75, 3.05) is 30.8 Å².